The van der Waals surface area contributed by atoms with E-state index in [-0.39, 0.29) is 6.10 Å². The van der Waals surface area contributed by atoms with Gasteiger partial charge in [-0.2, -0.15) is 0 Å². The summed E-state index contributed by atoms with van der Waals surface area (Å²) >= 11 is 0. The van der Waals surface area contributed by atoms with Crippen molar-refractivity contribution in [3.05, 3.63) is 29.8 Å². The van der Waals surface area contributed by atoms with Crippen LogP contribution >= 0.6 is 0 Å². The van der Waals surface area contributed by atoms with E-state index in [1.807, 2.05) is 45.0 Å². The van der Waals surface area contributed by atoms with Crippen molar-refractivity contribution in [2.24, 2.45) is 0 Å². The minimum absolute atomic E-state index is 0.0236. The topological polar surface area (TPSA) is 27.7 Å². The lowest BCUT2D eigenvalue weighted by Gasteiger charge is -2.17. The first-order chi connectivity index (χ1) is 7.55. The van der Waals surface area contributed by atoms with Crippen LogP contribution in [0.25, 0.3) is 0 Å². The third-order valence-corrected chi connectivity index (χ3v) is 2.49. The lowest BCUT2D eigenvalue weighted by molar-refractivity contribution is -0.141. The van der Waals surface area contributed by atoms with Crippen molar-refractivity contribution in [3.8, 4) is 5.75 Å². The Balaban J connectivity index is 1.84. The van der Waals surface area contributed by atoms with E-state index in [0.717, 1.165) is 5.75 Å². The molecular formula is C13H18O3. The zero-order valence-corrected chi connectivity index (χ0v) is 10.0. The summed E-state index contributed by atoms with van der Waals surface area (Å²) in [5.41, 5.74) is 1.20. The van der Waals surface area contributed by atoms with Crippen LogP contribution in [0, 0.1) is 6.92 Å². The summed E-state index contributed by atoms with van der Waals surface area (Å²) in [4.78, 5) is 0. The van der Waals surface area contributed by atoms with Crippen molar-refractivity contribution in [1.82, 2.24) is 0 Å². The SMILES string of the molecule is Cc1cccc(OCC2COC(C)(C)O2)c1. The first-order valence-electron chi connectivity index (χ1n) is 5.56. The molecule has 3 heteroatoms. The lowest BCUT2D eigenvalue weighted by Crippen LogP contribution is -2.25. The zero-order valence-electron chi connectivity index (χ0n) is 10.0. The standard InChI is InChI=1S/C13H18O3/c1-10-5-4-6-11(7-10)14-8-12-9-15-13(2,3)16-12/h4-7,12H,8-9H2,1-3H3. The molecule has 0 spiro atoms. The Hall–Kier alpha value is -1.06. The molecule has 1 atom stereocenters. The van der Waals surface area contributed by atoms with Gasteiger partial charge in [-0.15, -0.1) is 0 Å². The van der Waals surface area contributed by atoms with Gasteiger partial charge in [0.2, 0.25) is 0 Å². The van der Waals surface area contributed by atoms with Gasteiger partial charge < -0.3 is 14.2 Å². The molecule has 0 saturated carbocycles. The first-order valence-corrected chi connectivity index (χ1v) is 5.56. The predicted molar refractivity (Wildman–Crippen MR) is 61.6 cm³/mol. The van der Waals surface area contributed by atoms with E-state index in [4.69, 9.17) is 14.2 Å². The van der Waals surface area contributed by atoms with Crippen LogP contribution in [0.15, 0.2) is 24.3 Å². The maximum atomic E-state index is 5.66. The number of aryl methyl sites for hydroxylation is 1. The van der Waals surface area contributed by atoms with E-state index >= 15 is 0 Å². The molecule has 1 aliphatic rings. The molecule has 1 fully saturated rings. The van der Waals surface area contributed by atoms with Gasteiger partial charge in [0.05, 0.1) is 6.61 Å². The molecule has 16 heavy (non-hydrogen) atoms. The van der Waals surface area contributed by atoms with Crippen LogP contribution in [0.4, 0.5) is 0 Å². The van der Waals surface area contributed by atoms with E-state index in [2.05, 4.69) is 0 Å². The highest BCUT2D eigenvalue weighted by Crippen LogP contribution is 2.23. The molecule has 0 amide bonds. The third-order valence-electron chi connectivity index (χ3n) is 2.49. The quantitative estimate of drug-likeness (QED) is 0.786. The Bertz CT molecular complexity index is 360. The molecule has 1 unspecified atom stereocenters. The van der Waals surface area contributed by atoms with Gasteiger partial charge in [-0.3, -0.25) is 0 Å². The van der Waals surface area contributed by atoms with Crippen molar-refractivity contribution in [2.45, 2.75) is 32.7 Å². The largest absolute Gasteiger partial charge is 0.491 e. The van der Waals surface area contributed by atoms with Crippen LogP contribution in [0.3, 0.4) is 0 Å². The number of hydrogen-bond donors (Lipinski definition) is 0. The summed E-state index contributed by atoms with van der Waals surface area (Å²) in [5.74, 6) is 0.411. The number of ether oxygens (including phenoxy) is 3. The Labute approximate surface area is 96.3 Å². The molecule has 0 bridgehead atoms. The van der Waals surface area contributed by atoms with Crippen molar-refractivity contribution in [3.63, 3.8) is 0 Å². The van der Waals surface area contributed by atoms with E-state index < -0.39 is 5.79 Å². The van der Waals surface area contributed by atoms with Gasteiger partial charge in [-0.1, -0.05) is 12.1 Å². The molecule has 1 aromatic carbocycles. The van der Waals surface area contributed by atoms with Gasteiger partial charge in [0.15, 0.2) is 5.79 Å². The summed E-state index contributed by atoms with van der Waals surface area (Å²) in [6.07, 6.45) is 0.0236. The maximum absolute atomic E-state index is 5.66. The molecule has 2 rings (SSSR count). The normalized spacial score (nSPS) is 23.3. The van der Waals surface area contributed by atoms with Crippen LogP contribution in [0.2, 0.25) is 0 Å². The van der Waals surface area contributed by atoms with Gasteiger partial charge in [-0.25, -0.2) is 0 Å². The van der Waals surface area contributed by atoms with Gasteiger partial charge in [0.1, 0.15) is 18.5 Å². The van der Waals surface area contributed by atoms with Crippen LogP contribution in [0.5, 0.6) is 5.75 Å². The monoisotopic (exact) mass is 222 g/mol. The summed E-state index contributed by atoms with van der Waals surface area (Å²) in [7, 11) is 0. The second kappa shape index (κ2) is 4.44. The fourth-order valence-electron chi connectivity index (χ4n) is 1.74. The second-order valence-corrected chi connectivity index (χ2v) is 4.58. The van der Waals surface area contributed by atoms with Crippen LogP contribution in [0.1, 0.15) is 19.4 Å². The molecule has 1 heterocycles. The minimum atomic E-state index is -0.472. The van der Waals surface area contributed by atoms with Crippen LogP contribution in [-0.4, -0.2) is 25.1 Å². The Kier molecular flexibility index (Phi) is 3.17. The van der Waals surface area contributed by atoms with Crippen LogP contribution in [-0.2, 0) is 9.47 Å². The van der Waals surface area contributed by atoms with Crippen molar-refractivity contribution in [1.29, 1.82) is 0 Å². The predicted octanol–water partition coefficient (Wildman–Crippen LogP) is 2.53. The molecule has 88 valence electrons. The third kappa shape index (κ3) is 2.97. The van der Waals surface area contributed by atoms with Gasteiger partial charge in [0, 0.05) is 0 Å². The van der Waals surface area contributed by atoms with E-state index in [1.54, 1.807) is 0 Å². The molecule has 0 aromatic heterocycles. The van der Waals surface area contributed by atoms with Crippen molar-refractivity contribution in [2.75, 3.05) is 13.2 Å². The highest BCUT2D eigenvalue weighted by molar-refractivity contribution is 5.27. The highest BCUT2D eigenvalue weighted by Gasteiger charge is 2.32. The van der Waals surface area contributed by atoms with Gasteiger partial charge >= 0.3 is 0 Å². The second-order valence-electron chi connectivity index (χ2n) is 4.58. The number of benzene rings is 1. The van der Waals surface area contributed by atoms with Gasteiger partial charge in [-0.05, 0) is 38.5 Å². The Morgan fingerprint density at radius 1 is 1.44 bits per heavy atom. The van der Waals surface area contributed by atoms with E-state index in [0.29, 0.717) is 13.2 Å². The molecule has 1 aliphatic heterocycles. The molecule has 1 saturated heterocycles. The molecule has 0 radical (unpaired) electrons. The number of rotatable bonds is 3. The van der Waals surface area contributed by atoms with Crippen LogP contribution < -0.4 is 4.74 Å². The van der Waals surface area contributed by atoms with Crippen molar-refractivity contribution >= 4 is 0 Å². The molecular weight excluding hydrogens is 204 g/mol. The van der Waals surface area contributed by atoms with Crippen molar-refractivity contribution < 1.29 is 14.2 Å². The molecule has 0 aliphatic carbocycles. The fraction of sp³-hybridized carbons (Fsp3) is 0.538. The molecule has 1 aromatic rings. The summed E-state index contributed by atoms with van der Waals surface area (Å²) in [6.45, 7) is 7.01. The fourth-order valence-corrected chi connectivity index (χ4v) is 1.74. The zero-order chi connectivity index (χ0) is 11.6. The lowest BCUT2D eigenvalue weighted by atomic mass is 10.2. The minimum Gasteiger partial charge on any atom is -0.491 e. The first kappa shape index (κ1) is 11.4. The average Bonchev–Trinajstić information content (AvgIpc) is 2.56. The number of hydrogen-bond acceptors (Lipinski definition) is 3. The molecule has 0 N–H and O–H groups in total. The molecule has 3 nitrogen and oxygen atoms in total. The highest BCUT2D eigenvalue weighted by atomic mass is 16.7. The van der Waals surface area contributed by atoms with E-state index in [1.165, 1.54) is 5.56 Å². The maximum Gasteiger partial charge on any atom is 0.163 e. The smallest absolute Gasteiger partial charge is 0.163 e. The van der Waals surface area contributed by atoms with Gasteiger partial charge in [0.25, 0.3) is 0 Å². The Morgan fingerprint density at radius 2 is 2.25 bits per heavy atom. The Morgan fingerprint density at radius 3 is 2.88 bits per heavy atom. The van der Waals surface area contributed by atoms with E-state index in [9.17, 15) is 0 Å². The average molecular weight is 222 g/mol. The summed E-state index contributed by atoms with van der Waals surface area (Å²) in [6, 6.07) is 8.00. The summed E-state index contributed by atoms with van der Waals surface area (Å²) < 4.78 is 16.8. The summed E-state index contributed by atoms with van der Waals surface area (Å²) in [5, 5.41) is 0.